The van der Waals surface area contributed by atoms with Gasteiger partial charge in [-0.15, -0.1) is 11.8 Å². The number of hydrogen-bond donors (Lipinski definition) is 0. The lowest BCUT2D eigenvalue weighted by molar-refractivity contribution is -0.137. The first-order valence-corrected chi connectivity index (χ1v) is 7.29. The van der Waals surface area contributed by atoms with Gasteiger partial charge in [0.25, 0.3) is 5.91 Å². The van der Waals surface area contributed by atoms with Gasteiger partial charge < -0.3 is 9.64 Å². The van der Waals surface area contributed by atoms with Crippen LogP contribution in [0.1, 0.15) is 13.3 Å². The van der Waals surface area contributed by atoms with Gasteiger partial charge >= 0.3 is 0 Å². The molecule has 0 fully saturated rings. The Labute approximate surface area is 117 Å². The van der Waals surface area contributed by atoms with Crippen molar-refractivity contribution in [1.29, 1.82) is 5.26 Å². The molecule has 0 radical (unpaired) electrons. The van der Waals surface area contributed by atoms with Crippen LogP contribution in [0.3, 0.4) is 0 Å². The van der Waals surface area contributed by atoms with Crippen molar-refractivity contribution < 1.29 is 9.53 Å². The Balaban J connectivity index is 2.07. The van der Waals surface area contributed by atoms with Crippen molar-refractivity contribution in [2.45, 2.75) is 24.3 Å². The SMILES string of the molecule is CCCN(CC#N)C(=O)[C@H]1CSc2ccccc2O1. The van der Waals surface area contributed by atoms with Crippen molar-refractivity contribution in [3.05, 3.63) is 24.3 Å². The van der Waals surface area contributed by atoms with Crippen molar-refractivity contribution in [3.63, 3.8) is 0 Å². The van der Waals surface area contributed by atoms with E-state index < -0.39 is 6.10 Å². The van der Waals surface area contributed by atoms with E-state index in [1.54, 1.807) is 16.7 Å². The second-order valence-electron chi connectivity index (χ2n) is 4.28. The van der Waals surface area contributed by atoms with Crippen LogP contribution in [0.15, 0.2) is 29.2 Å². The van der Waals surface area contributed by atoms with E-state index in [4.69, 9.17) is 10.00 Å². The maximum atomic E-state index is 12.3. The smallest absolute Gasteiger partial charge is 0.265 e. The van der Waals surface area contributed by atoms with Crippen LogP contribution in [0.25, 0.3) is 0 Å². The van der Waals surface area contributed by atoms with Gasteiger partial charge in [0.2, 0.25) is 0 Å². The number of ether oxygens (including phenoxy) is 1. The minimum atomic E-state index is -0.486. The highest BCUT2D eigenvalue weighted by atomic mass is 32.2. The molecule has 1 aliphatic rings. The third-order valence-electron chi connectivity index (χ3n) is 2.85. The zero-order valence-corrected chi connectivity index (χ0v) is 11.7. The van der Waals surface area contributed by atoms with Crippen LogP contribution in [0.4, 0.5) is 0 Å². The molecule has 0 saturated carbocycles. The van der Waals surface area contributed by atoms with E-state index in [2.05, 4.69) is 0 Å². The molecule has 0 unspecified atom stereocenters. The van der Waals surface area contributed by atoms with Crippen molar-refractivity contribution in [2.24, 2.45) is 0 Å². The second-order valence-corrected chi connectivity index (χ2v) is 5.34. The predicted molar refractivity (Wildman–Crippen MR) is 74.1 cm³/mol. The summed E-state index contributed by atoms with van der Waals surface area (Å²) < 4.78 is 5.75. The van der Waals surface area contributed by atoms with Gasteiger partial charge in [0.1, 0.15) is 12.3 Å². The molecule has 0 bridgehead atoms. The van der Waals surface area contributed by atoms with Crippen molar-refractivity contribution in [1.82, 2.24) is 4.90 Å². The number of nitriles is 1. The van der Waals surface area contributed by atoms with Crippen LogP contribution in [0.2, 0.25) is 0 Å². The summed E-state index contributed by atoms with van der Waals surface area (Å²) in [4.78, 5) is 15.0. The number of para-hydroxylation sites is 1. The topological polar surface area (TPSA) is 53.3 Å². The largest absolute Gasteiger partial charge is 0.479 e. The van der Waals surface area contributed by atoms with Gasteiger partial charge in [0.15, 0.2) is 6.10 Å². The molecule has 1 aromatic rings. The van der Waals surface area contributed by atoms with E-state index >= 15 is 0 Å². The average molecular weight is 276 g/mol. The van der Waals surface area contributed by atoms with Gasteiger partial charge in [-0.1, -0.05) is 19.1 Å². The fourth-order valence-corrected chi connectivity index (χ4v) is 2.94. The molecule has 1 amide bonds. The minimum absolute atomic E-state index is 0.0922. The van der Waals surface area contributed by atoms with Crippen molar-refractivity contribution in [3.8, 4) is 11.8 Å². The minimum Gasteiger partial charge on any atom is -0.479 e. The Bertz CT molecular complexity index is 498. The maximum Gasteiger partial charge on any atom is 0.265 e. The number of thioether (sulfide) groups is 1. The summed E-state index contributed by atoms with van der Waals surface area (Å²) in [5.41, 5.74) is 0. The molecule has 2 rings (SSSR count). The first-order valence-electron chi connectivity index (χ1n) is 6.30. The Morgan fingerprint density at radius 2 is 2.37 bits per heavy atom. The molecular weight excluding hydrogens is 260 g/mol. The lowest BCUT2D eigenvalue weighted by Gasteiger charge is -2.29. The fourth-order valence-electron chi connectivity index (χ4n) is 1.97. The summed E-state index contributed by atoms with van der Waals surface area (Å²) in [5.74, 6) is 1.26. The van der Waals surface area contributed by atoms with Gasteiger partial charge in [0, 0.05) is 17.2 Å². The van der Waals surface area contributed by atoms with Gasteiger partial charge in [0.05, 0.1) is 6.07 Å². The summed E-state index contributed by atoms with van der Waals surface area (Å²) in [7, 11) is 0. The van der Waals surface area contributed by atoms with Gasteiger partial charge in [-0.2, -0.15) is 5.26 Å². The van der Waals surface area contributed by atoms with Crippen LogP contribution in [-0.4, -0.2) is 35.8 Å². The summed E-state index contributed by atoms with van der Waals surface area (Å²) in [5, 5.41) is 8.78. The lowest BCUT2D eigenvalue weighted by Crippen LogP contribution is -2.44. The molecule has 1 aliphatic heterocycles. The fraction of sp³-hybridized carbons (Fsp3) is 0.429. The maximum absolute atomic E-state index is 12.3. The molecule has 1 atom stereocenters. The van der Waals surface area contributed by atoms with E-state index in [9.17, 15) is 4.79 Å². The molecule has 0 aromatic heterocycles. The molecule has 0 spiro atoms. The third-order valence-corrected chi connectivity index (χ3v) is 3.97. The molecule has 0 saturated heterocycles. The molecular formula is C14H16N2O2S. The molecule has 1 heterocycles. The first-order chi connectivity index (χ1) is 9.26. The van der Waals surface area contributed by atoms with Crippen LogP contribution in [0.5, 0.6) is 5.75 Å². The van der Waals surface area contributed by atoms with Gasteiger partial charge in [-0.25, -0.2) is 0 Å². The predicted octanol–water partition coefficient (Wildman–Crippen LogP) is 2.30. The molecule has 4 nitrogen and oxygen atoms in total. The normalized spacial score (nSPS) is 16.9. The van der Waals surface area contributed by atoms with E-state index in [1.165, 1.54) is 0 Å². The Hall–Kier alpha value is -1.67. The highest BCUT2D eigenvalue weighted by Crippen LogP contribution is 2.35. The molecule has 100 valence electrons. The number of nitrogens with zero attached hydrogens (tertiary/aromatic N) is 2. The molecule has 19 heavy (non-hydrogen) atoms. The number of hydrogen-bond acceptors (Lipinski definition) is 4. The van der Waals surface area contributed by atoms with Crippen LogP contribution < -0.4 is 4.74 Å². The number of carbonyl (C=O) groups is 1. The summed E-state index contributed by atoms with van der Waals surface area (Å²) in [6.07, 6.45) is 0.351. The zero-order chi connectivity index (χ0) is 13.7. The lowest BCUT2D eigenvalue weighted by atomic mass is 10.3. The van der Waals surface area contributed by atoms with Crippen LogP contribution >= 0.6 is 11.8 Å². The molecule has 0 aliphatic carbocycles. The van der Waals surface area contributed by atoms with Crippen molar-refractivity contribution in [2.75, 3.05) is 18.8 Å². The summed E-state index contributed by atoms with van der Waals surface area (Å²) in [6, 6.07) is 9.74. The summed E-state index contributed by atoms with van der Waals surface area (Å²) in [6.45, 7) is 2.71. The Morgan fingerprint density at radius 1 is 1.58 bits per heavy atom. The third kappa shape index (κ3) is 3.21. The van der Waals surface area contributed by atoms with E-state index in [1.807, 2.05) is 37.3 Å². The van der Waals surface area contributed by atoms with Gasteiger partial charge in [-0.05, 0) is 18.6 Å². The Kier molecular flexibility index (Phi) is 4.69. The Morgan fingerprint density at radius 3 is 3.11 bits per heavy atom. The molecule has 1 aromatic carbocycles. The van der Waals surface area contributed by atoms with Crippen LogP contribution in [0, 0.1) is 11.3 Å². The second kappa shape index (κ2) is 6.48. The van der Waals surface area contributed by atoms with Crippen molar-refractivity contribution >= 4 is 17.7 Å². The summed E-state index contributed by atoms with van der Waals surface area (Å²) >= 11 is 1.62. The quantitative estimate of drug-likeness (QED) is 0.792. The monoisotopic (exact) mass is 276 g/mol. The highest BCUT2D eigenvalue weighted by Gasteiger charge is 2.29. The standard InChI is InChI=1S/C14H16N2O2S/c1-2-8-16(9-7-15)14(17)12-10-19-13-6-4-3-5-11(13)18-12/h3-6,12H,2,8-10H2,1H3/t12-/m1/s1. The van der Waals surface area contributed by atoms with E-state index in [-0.39, 0.29) is 12.5 Å². The van der Waals surface area contributed by atoms with Crippen LogP contribution in [-0.2, 0) is 4.79 Å². The number of benzene rings is 1. The molecule has 0 N–H and O–H groups in total. The number of fused-ring (bicyclic) bond motifs is 1. The highest BCUT2D eigenvalue weighted by molar-refractivity contribution is 7.99. The van der Waals surface area contributed by atoms with E-state index in [0.717, 1.165) is 17.1 Å². The number of carbonyl (C=O) groups excluding carboxylic acids is 1. The number of amides is 1. The van der Waals surface area contributed by atoms with Gasteiger partial charge in [-0.3, -0.25) is 4.79 Å². The zero-order valence-electron chi connectivity index (χ0n) is 10.8. The average Bonchev–Trinajstić information content (AvgIpc) is 2.46. The number of rotatable bonds is 4. The first kappa shape index (κ1) is 13.8. The van der Waals surface area contributed by atoms with E-state index in [0.29, 0.717) is 12.3 Å². The molecule has 5 heteroatoms.